The second-order valence-electron chi connectivity index (χ2n) is 2.61. The van der Waals surface area contributed by atoms with Crippen LogP contribution in [0.1, 0.15) is 16.7 Å². The van der Waals surface area contributed by atoms with Crippen molar-refractivity contribution >= 4 is 0 Å². The third-order valence-electron chi connectivity index (χ3n) is 1.75. The Morgan fingerprint density at radius 2 is 1.50 bits per heavy atom. The summed E-state index contributed by atoms with van der Waals surface area (Å²) in [7, 11) is 0. The highest BCUT2D eigenvalue weighted by Gasteiger charge is 2.07. The molecule has 0 fully saturated rings. The third kappa shape index (κ3) is 1.86. The summed E-state index contributed by atoms with van der Waals surface area (Å²) in [6.07, 6.45) is 3.27. The van der Waals surface area contributed by atoms with E-state index in [-0.39, 0.29) is 12.8 Å². The number of hydrogen-bond donors (Lipinski definition) is 0. The van der Waals surface area contributed by atoms with Crippen molar-refractivity contribution in [1.29, 1.82) is 15.8 Å². The number of rotatable bonds is 2. The quantitative estimate of drug-likeness (QED) is 0.685. The Labute approximate surface area is 81.7 Å². The van der Waals surface area contributed by atoms with Crippen molar-refractivity contribution in [2.45, 2.75) is 12.8 Å². The van der Waals surface area contributed by atoms with Gasteiger partial charge in [-0.25, -0.2) is 0 Å². The van der Waals surface area contributed by atoms with Crippen LogP contribution in [-0.2, 0) is 12.8 Å². The summed E-state index contributed by atoms with van der Waals surface area (Å²) in [5, 5.41) is 25.9. The van der Waals surface area contributed by atoms with Gasteiger partial charge in [-0.15, -0.1) is 0 Å². The predicted octanol–water partition coefficient (Wildman–Crippen LogP) is 1.09. The fraction of sp³-hybridized carbons (Fsp3) is 0.200. The molecular formula is C10H6N4. The molecule has 1 rings (SSSR count). The van der Waals surface area contributed by atoms with Gasteiger partial charge in [0, 0.05) is 23.5 Å². The van der Waals surface area contributed by atoms with Gasteiger partial charge in [0.25, 0.3) is 0 Å². The summed E-state index contributed by atoms with van der Waals surface area (Å²) < 4.78 is 0. The van der Waals surface area contributed by atoms with Crippen LogP contribution in [0.4, 0.5) is 0 Å². The van der Waals surface area contributed by atoms with Crippen molar-refractivity contribution in [2.75, 3.05) is 0 Å². The number of nitrogens with zero attached hydrogens (tertiary/aromatic N) is 4. The first-order valence-corrected chi connectivity index (χ1v) is 3.93. The zero-order chi connectivity index (χ0) is 10.4. The van der Waals surface area contributed by atoms with Crippen molar-refractivity contribution in [3.05, 3.63) is 29.1 Å². The third-order valence-corrected chi connectivity index (χ3v) is 1.75. The highest BCUT2D eigenvalue weighted by atomic mass is 14.6. The molecule has 0 bridgehead atoms. The van der Waals surface area contributed by atoms with Crippen molar-refractivity contribution in [2.24, 2.45) is 0 Å². The Balaban J connectivity index is 3.22. The highest BCUT2D eigenvalue weighted by molar-refractivity contribution is 5.44. The maximum atomic E-state index is 8.86. The molecule has 1 aromatic heterocycles. The molecule has 14 heavy (non-hydrogen) atoms. The van der Waals surface area contributed by atoms with Crippen molar-refractivity contribution in [3.63, 3.8) is 0 Å². The van der Waals surface area contributed by atoms with E-state index < -0.39 is 0 Å². The highest BCUT2D eigenvalue weighted by Crippen LogP contribution is 2.12. The standard InChI is InChI=1S/C10H6N4/c11-3-1-8-6-14-7-9(2-4-12)10(8)5-13/h6-7H,1-2H2. The van der Waals surface area contributed by atoms with Crippen molar-refractivity contribution < 1.29 is 0 Å². The average Bonchev–Trinajstić information content (AvgIpc) is 2.19. The molecule has 0 spiro atoms. The summed E-state index contributed by atoms with van der Waals surface area (Å²) in [4.78, 5) is 3.88. The Bertz CT molecular complexity index is 422. The minimum Gasteiger partial charge on any atom is -0.264 e. The first-order chi connectivity index (χ1) is 6.83. The molecule has 1 heterocycles. The maximum absolute atomic E-state index is 8.86. The Morgan fingerprint density at radius 1 is 1.00 bits per heavy atom. The minimum absolute atomic E-state index is 0.148. The van der Waals surface area contributed by atoms with E-state index in [0.29, 0.717) is 16.7 Å². The van der Waals surface area contributed by atoms with E-state index in [9.17, 15) is 0 Å². The van der Waals surface area contributed by atoms with Gasteiger partial charge in [-0.2, -0.15) is 15.8 Å². The monoisotopic (exact) mass is 182 g/mol. The summed E-state index contributed by atoms with van der Waals surface area (Å²) >= 11 is 0. The molecule has 0 saturated carbocycles. The average molecular weight is 182 g/mol. The van der Waals surface area contributed by atoms with Crippen LogP contribution in [0.25, 0.3) is 0 Å². The first kappa shape index (κ1) is 9.71. The summed E-state index contributed by atoms with van der Waals surface area (Å²) in [6, 6.07) is 5.90. The SMILES string of the molecule is N#CCc1cncc(CC#N)c1C#N. The van der Waals surface area contributed by atoms with Gasteiger partial charge in [0.15, 0.2) is 0 Å². The van der Waals surface area contributed by atoms with E-state index in [1.54, 1.807) is 0 Å². The van der Waals surface area contributed by atoms with Crippen LogP contribution in [0.2, 0.25) is 0 Å². The normalized spacial score (nSPS) is 8.36. The Kier molecular flexibility index (Phi) is 3.19. The van der Waals surface area contributed by atoms with Crippen LogP contribution in [0.5, 0.6) is 0 Å². The molecule has 0 unspecified atom stereocenters. The molecule has 0 amide bonds. The lowest BCUT2D eigenvalue weighted by Crippen LogP contribution is -1.97. The largest absolute Gasteiger partial charge is 0.264 e. The molecule has 0 aliphatic heterocycles. The van der Waals surface area contributed by atoms with Gasteiger partial charge in [0.05, 0.1) is 36.6 Å². The van der Waals surface area contributed by atoms with E-state index in [4.69, 9.17) is 15.8 Å². The zero-order valence-corrected chi connectivity index (χ0v) is 7.36. The lowest BCUT2D eigenvalue weighted by molar-refractivity contribution is 1.11. The summed E-state index contributed by atoms with van der Waals surface area (Å²) in [5.74, 6) is 0. The smallest absolute Gasteiger partial charge is 0.0999 e. The number of pyridine rings is 1. The van der Waals surface area contributed by atoms with E-state index in [1.807, 2.05) is 18.2 Å². The van der Waals surface area contributed by atoms with Crippen LogP contribution in [0, 0.1) is 34.0 Å². The van der Waals surface area contributed by atoms with Gasteiger partial charge < -0.3 is 0 Å². The molecule has 4 heteroatoms. The van der Waals surface area contributed by atoms with Gasteiger partial charge in [-0.3, -0.25) is 4.98 Å². The second kappa shape index (κ2) is 4.60. The molecule has 0 atom stereocenters. The van der Waals surface area contributed by atoms with Gasteiger partial charge >= 0.3 is 0 Å². The van der Waals surface area contributed by atoms with Crippen LogP contribution in [0.15, 0.2) is 12.4 Å². The molecule has 0 aliphatic rings. The van der Waals surface area contributed by atoms with Crippen molar-refractivity contribution in [3.8, 4) is 18.2 Å². The second-order valence-corrected chi connectivity index (χ2v) is 2.61. The van der Waals surface area contributed by atoms with Gasteiger partial charge in [0.1, 0.15) is 0 Å². The number of aromatic nitrogens is 1. The predicted molar refractivity (Wildman–Crippen MR) is 47.6 cm³/mol. The molecule has 4 nitrogen and oxygen atoms in total. The molecule has 1 aromatic rings. The van der Waals surface area contributed by atoms with Gasteiger partial charge in [-0.05, 0) is 0 Å². The van der Waals surface area contributed by atoms with E-state index >= 15 is 0 Å². The molecule has 66 valence electrons. The number of nitriles is 3. The zero-order valence-electron chi connectivity index (χ0n) is 7.36. The van der Waals surface area contributed by atoms with E-state index in [0.717, 1.165) is 0 Å². The molecule has 0 N–H and O–H groups in total. The summed E-state index contributed by atoms with van der Waals surface area (Å²) in [6.45, 7) is 0. The Hall–Kier alpha value is -2.38. The topological polar surface area (TPSA) is 84.3 Å². The lowest BCUT2D eigenvalue weighted by atomic mass is 10.0. The minimum atomic E-state index is 0.148. The van der Waals surface area contributed by atoms with Gasteiger partial charge in [0.2, 0.25) is 0 Å². The van der Waals surface area contributed by atoms with E-state index in [1.165, 1.54) is 12.4 Å². The first-order valence-electron chi connectivity index (χ1n) is 3.93. The molecular weight excluding hydrogens is 176 g/mol. The van der Waals surface area contributed by atoms with E-state index in [2.05, 4.69) is 4.98 Å². The lowest BCUT2D eigenvalue weighted by Gasteiger charge is -2.01. The Morgan fingerprint density at radius 3 is 1.86 bits per heavy atom. The molecule has 0 aliphatic carbocycles. The van der Waals surface area contributed by atoms with Crippen LogP contribution < -0.4 is 0 Å². The molecule has 0 saturated heterocycles. The van der Waals surface area contributed by atoms with Crippen LogP contribution in [0.3, 0.4) is 0 Å². The fourth-order valence-corrected chi connectivity index (χ4v) is 1.13. The molecule has 0 aromatic carbocycles. The fourth-order valence-electron chi connectivity index (χ4n) is 1.13. The van der Waals surface area contributed by atoms with Crippen molar-refractivity contribution in [1.82, 2.24) is 4.98 Å². The summed E-state index contributed by atoms with van der Waals surface area (Å²) in [5.41, 5.74) is 1.58. The molecule has 0 radical (unpaired) electrons. The number of hydrogen-bond acceptors (Lipinski definition) is 4. The van der Waals surface area contributed by atoms with Gasteiger partial charge in [-0.1, -0.05) is 0 Å². The maximum Gasteiger partial charge on any atom is 0.0999 e. The van der Waals surface area contributed by atoms with Crippen LogP contribution in [-0.4, -0.2) is 4.98 Å². The van der Waals surface area contributed by atoms with Crippen LogP contribution >= 0.6 is 0 Å².